The molecule has 0 saturated heterocycles. The highest BCUT2D eigenvalue weighted by Gasteiger charge is 2.25. The normalized spacial score (nSPS) is 23.4. The van der Waals surface area contributed by atoms with Crippen molar-refractivity contribution in [1.29, 1.82) is 0 Å². The number of rotatable bonds is 2. The molecule has 1 saturated carbocycles. The van der Waals surface area contributed by atoms with Gasteiger partial charge in [0, 0.05) is 11.6 Å². The molecule has 0 spiro atoms. The van der Waals surface area contributed by atoms with Gasteiger partial charge in [-0.15, -0.1) is 0 Å². The van der Waals surface area contributed by atoms with Gasteiger partial charge in [-0.05, 0) is 25.3 Å². The summed E-state index contributed by atoms with van der Waals surface area (Å²) < 4.78 is 0. The monoisotopic (exact) mass is 246 g/mol. The number of fused-ring (bicyclic) bond motifs is 1. The molecule has 6 nitrogen and oxygen atoms in total. The van der Waals surface area contributed by atoms with E-state index in [1.165, 1.54) is 6.33 Å². The summed E-state index contributed by atoms with van der Waals surface area (Å²) in [4.78, 5) is 22.3. The summed E-state index contributed by atoms with van der Waals surface area (Å²) in [5.74, 6) is 0.608. The highest BCUT2D eigenvalue weighted by molar-refractivity contribution is 5.87. The molecule has 2 aromatic heterocycles. The Bertz CT molecular complexity index is 625. The molecule has 2 aromatic rings. The molecule has 0 bridgehead atoms. The molecule has 1 aliphatic rings. The number of pyridine rings is 1. The quantitative estimate of drug-likeness (QED) is 0.723. The maximum absolute atomic E-state index is 11.6. The number of aromatic amines is 1. The third-order valence-corrected chi connectivity index (χ3v) is 3.37. The molecule has 0 aliphatic heterocycles. The fourth-order valence-electron chi connectivity index (χ4n) is 2.40. The third kappa shape index (κ3) is 1.84. The van der Waals surface area contributed by atoms with Crippen molar-refractivity contribution in [3.8, 4) is 0 Å². The first kappa shape index (κ1) is 11.2. The van der Waals surface area contributed by atoms with Crippen LogP contribution in [0.5, 0.6) is 0 Å². The van der Waals surface area contributed by atoms with Gasteiger partial charge in [-0.3, -0.25) is 4.79 Å². The lowest BCUT2D eigenvalue weighted by molar-refractivity contribution is 0.171. The Morgan fingerprint density at radius 3 is 3.06 bits per heavy atom. The average Bonchev–Trinajstić information content (AvgIpc) is 2.77. The Hall–Kier alpha value is -1.95. The zero-order valence-corrected chi connectivity index (χ0v) is 9.76. The highest BCUT2D eigenvalue weighted by Crippen LogP contribution is 2.24. The molecular formula is C12H14N4O2. The molecule has 2 heterocycles. The van der Waals surface area contributed by atoms with E-state index in [0.717, 1.165) is 19.3 Å². The zero-order valence-electron chi connectivity index (χ0n) is 9.76. The van der Waals surface area contributed by atoms with Crippen LogP contribution in [0.25, 0.3) is 10.9 Å². The summed E-state index contributed by atoms with van der Waals surface area (Å²) >= 11 is 0. The number of hydrogen-bond acceptors (Lipinski definition) is 5. The largest absolute Gasteiger partial charge is 0.391 e. The number of aliphatic hydroxyl groups is 1. The molecule has 6 heteroatoms. The van der Waals surface area contributed by atoms with E-state index in [0.29, 0.717) is 16.7 Å². The van der Waals surface area contributed by atoms with Gasteiger partial charge in [-0.2, -0.15) is 0 Å². The van der Waals surface area contributed by atoms with E-state index in [2.05, 4.69) is 20.3 Å². The van der Waals surface area contributed by atoms with Crippen LogP contribution in [-0.4, -0.2) is 32.2 Å². The van der Waals surface area contributed by atoms with Crippen LogP contribution in [0, 0.1) is 0 Å². The molecule has 3 rings (SSSR count). The van der Waals surface area contributed by atoms with Gasteiger partial charge in [0.2, 0.25) is 0 Å². The minimum absolute atomic E-state index is 0.00221. The van der Waals surface area contributed by atoms with Gasteiger partial charge in [-0.25, -0.2) is 9.97 Å². The Labute approximate surface area is 103 Å². The van der Waals surface area contributed by atoms with Gasteiger partial charge in [-0.1, -0.05) is 0 Å². The summed E-state index contributed by atoms with van der Waals surface area (Å²) in [6.07, 6.45) is 5.31. The van der Waals surface area contributed by atoms with Crippen LogP contribution in [0.2, 0.25) is 0 Å². The topological polar surface area (TPSA) is 90.9 Å². The number of hydrogen-bond donors (Lipinski definition) is 3. The van der Waals surface area contributed by atoms with Crippen molar-refractivity contribution in [2.45, 2.75) is 31.4 Å². The molecule has 1 fully saturated rings. The van der Waals surface area contributed by atoms with E-state index in [-0.39, 0.29) is 17.7 Å². The number of nitrogens with zero attached hydrogens (tertiary/aromatic N) is 2. The van der Waals surface area contributed by atoms with Crippen molar-refractivity contribution >= 4 is 16.7 Å². The SMILES string of the molecule is O=c1[nH]ccc2c(NC3CCCC3O)ncnc12. The summed E-state index contributed by atoms with van der Waals surface area (Å²) in [6.45, 7) is 0. The second kappa shape index (κ2) is 4.38. The van der Waals surface area contributed by atoms with Crippen molar-refractivity contribution in [3.63, 3.8) is 0 Å². The van der Waals surface area contributed by atoms with Gasteiger partial charge >= 0.3 is 0 Å². The molecule has 0 radical (unpaired) electrons. The Kier molecular flexibility index (Phi) is 2.71. The second-order valence-corrected chi connectivity index (χ2v) is 4.54. The van der Waals surface area contributed by atoms with Crippen LogP contribution in [0.1, 0.15) is 19.3 Å². The van der Waals surface area contributed by atoms with Crippen molar-refractivity contribution < 1.29 is 5.11 Å². The van der Waals surface area contributed by atoms with Gasteiger partial charge in [0.1, 0.15) is 17.7 Å². The van der Waals surface area contributed by atoms with E-state index >= 15 is 0 Å². The van der Waals surface area contributed by atoms with Gasteiger partial charge in [0.05, 0.1) is 12.1 Å². The molecule has 0 amide bonds. The molecule has 18 heavy (non-hydrogen) atoms. The lowest BCUT2D eigenvalue weighted by Gasteiger charge is -2.17. The van der Waals surface area contributed by atoms with Crippen LogP contribution in [-0.2, 0) is 0 Å². The Balaban J connectivity index is 2.02. The first-order valence-electron chi connectivity index (χ1n) is 6.03. The van der Waals surface area contributed by atoms with Crippen molar-refractivity contribution in [1.82, 2.24) is 15.0 Å². The first-order chi connectivity index (χ1) is 8.75. The third-order valence-electron chi connectivity index (χ3n) is 3.37. The van der Waals surface area contributed by atoms with E-state index in [4.69, 9.17) is 0 Å². The molecule has 2 unspecified atom stereocenters. The molecule has 0 aromatic carbocycles. The molecule has 3 N–H and O–H groups in total. The van der Waals surface area contributed by atoms with E-state index < -0.39 is 0 Å². The van der Waals surface area contributed by atoms with Gasteiger partial charge in [0.25, 0.3) is 5.56 Å². The maximum atomic E-state index is 11.6. The number of H-pyrrole nitrogens is 1. The molecule has 94 valence electrons. The molecular weight excluding hydrogens is 232 g/mol. The van der Waals surface area contributed by atoms with Crippen molar-refractivity contribution in [3.05, 3.63) is 28.9 Å². The van der Waals surface area contributed by atoms with Crippen LogP contribution in [0.15, 0.2) is 23.4 Å². The number of aromatic nitrogens is 3. The zero-order chi connectivity index (χ0) is 12.5. The van der Waals surface area contributed by atoms with E-state index in [1.54, 1.807) is 12.3 Å². The van der Waals surface area contributed by atoms with Crippen molar-refractivity contribution in [2.75, 3.05) is 5.32 Å². The maximum Gasteiger partial charge on any atom is 0.274 e. The van der Waals surface area contributed by atoms with E-state index in [1.807, 2.05) is 0 Å². The lowest BCUT2D eigenvalue weighted by atomic mass is 10.2. The fraction of sp³-hybridized carbons (Fsp3) is 0.417. The predicted molar refractivity (Wildman–Crippen MR) is 67.4 cm³/mol. The summed E-state index contributed by atoms with van der Waals surface area (Å²) in [5, 5.41) is 13.7. The lowest BCUT2D eigenvalue weighted by Crippen LogP contribution is -2.28. The van der Waals surface area contributed by atoms with E-state index in [9.17, 15) is 9.90 Å². The van der Waals surface area contributed by atoms with Crippen LogP contribution < -0.4 is 10.9 Å². The minimum atomic E-state index is -0.350. The van der Waals surface area contributed by atoms with Crippen molar-refractivity contribution in [2.24, 2.45) is 0 Å². The van der Waals surface area contributed by atoms with Crippen LogP contribution >= 0.6 is 0 Å². The minimum Gasteiger partial charge on any atom is -0.391 e. The van der Waals surface area contributed by atoms with Crippen LogP contribution in [0.4, 0.5) is 5.82 Å². The first-order valence-corrected chi connectivity index (χ1v) is 6.03. The smallest absolute Gasteiger partial charge is 0.274 e. The Morgan fingerprint density at radius 1 is 1.39 bits per heavy atom. The number of anilines is 1. The number of nitrogens with one attached hydrogen (secondary N) is 2. The highest BCUT2D eigenvalue weighted by atomic mass is 16.3. The number of aliphatic hydroxyl groups excluding tert-OH is 1. The Morgan fingerprint density at radius 2 is 2.28 bits per heavy atom. The van der Waals surface area contributed by atoms with Gasteiger partial charge < -0.3 is 15.4 Å². The van der Waals surface area contributed by atoms with Crippen LogP contribution in [0.3, 0.4) is 0 Å². The predicted octanol–water partition coefficient (Wildman–Crippen LogP) is 0.643. The average molecular weight is 246 g/mol. The molecule has 1 aliphatic carbocycles. The summed E-state index contributed by atoms with van der Waals surface area (Å²) in [5.41, 5.74) is 0.132. The van der Waals surface area contributed by atoms with Gasteiger partial charge in [0.15, 0.2) is 0 Å². The second-order valence-electron chi connectivity index (χ2n) is 4.54. The summed E-state index contributed by atoms with van der Waals surface area (Å²) in [6, 6.07) is 1.77. The molecule has 2 atom stereocenters. The summed E-state index contributed by atoms with van der Waals surface area (Å²) in [7, 11) is 0. The standard InChI is InChI=1S/C12H14N4O2/c17-9-3-1-2-8(9)16-11-7-4-5-13-12(18)10(7)14-6-15-11/h4-6,8-9,17H,1-3H2,(H,13,18)(H,14,15,16). The fourth-order valence-corrected chi connectivity index (χ4v) is 2.40.